The number of hydrogen-bond acceptors (Lipinski definition) is 4. The standard InChI is InChI=1S/C23H30FN3O4S/c1-5-27(6-2)32(30,31)19-12-9-11-17(14-19)22(28)26-21(16(3)4)23(29)25-15-18-10-7-8-13-20(18)24/h7-14,16,21H,5-6,15H2,1-4H3,(H,25,29)(H,26,28)/t21-/m0/s1. The van der Waals surface area contributed by atoms with Gasteiger partial charge in [-0.25, -0.2) is 12.8 Å². The molecule has 0 aliphatic carbocycles. The number of benzene rings is 2. The number of carbonyl (C=O) groups excluding carboxylic acids is 2. The average molecular weight is 464 g/mol. The molecule has 0 aliphatic heterocycles. The fraction of sp³-hybridized carbons (Fsp3) is 0.391. The second-order valence-corrected chi connectivity index (χ2v) is 9.56. The van der Waals surface area contributed by atoms with E-state index in [0.29, 0.717) is 18.7 Å². The van der Waals surface area contributed by atoms with E-state index in [2.05, 4.69) is 10.6 Å². The van der Waals surface area contributed by atoms with Gasteiger partial charge in [-0.3, -0.25) is 9.59 Å². The smallest absolute Gasteiger partial charge is 0.251 e. The Hall–Kier alpha value is -2.78. The van der Waals surface area contributed by atoms with E-state index in [0.717, 1.165) is 0 Å². The maximum Gasteiger partial charge on any atom is 0.251 e. The highest BCUT2D eigenvalue weighted by molar-refractivity contribution is 7.89. The van der Waals surface area contributed by atoms with Gasteiger partial charge in [0, 0.05) is 30.8 Å². The average Bonchev–Trinajstić information content (AvgIpc) is 2.77. The Morgan fingerprint density at radius 1 is 1.03 bits per heavy atom. The summed E-state index contributed by atoms with van der Waals surface area (Å²) in [5.74, 6) is -1.70. The Bertz CT molecular complexity index is 1050. The van der Waals surface area contributed by atoms with Gasteiger partial charge in [-0.05, 0) is 30.2 Å². The van der Waals surface area contributed by atoms with Gasteiger partial charge >= 0.3 is 0 Å². The van der Waals surface area contributed by atoms with Crippen LogP contribution in [-0.4, -0.2) is 43.7 Å². The lowest BCUT2D eigenvalue weighted by Gasteiger charge is -2.22. The maximum atomic E-state index is 13.8. The predicted octanol–water partition coefficient (Wildman–Crippen LogP) is 2.93. The van der Waals surface area contributed by atoms with Gasteiger partial charge in [0.05, 0.1) is 4.90 Å². The maximum absolute atomic E-state index is 13.8. The SMILES string of the molecule is CCN(CC)S(=O)(=O)c1cccc(C(=O)N[C@H](C(=O)NCc2ccccc2F)C(C)C)c1. The molecule has 2 rings (SSSR count). The molecule has 2 aromatic carbocycles. The first-order valence-electron chi connectivity index (χ1n) is 10.5. The summed E-state index contributed by atoms with van der Waals surface area (Å²) in [6, 6.07) is 11.0. The first-order chi connectivity index (χ1) is 15.1. The van der Waals surface area contributed by atoms with Crippen LogP contribution < -0.4 is 10.6 Å². The van der Waals surface area contributed by atoms with E-state index in [1.165, 1.54) is 34.6 Å². The van der Waals surface area contributed by atoms with Gasteiger partial charge in [0.2, 0.25) is 15.9 Å². The van der Waals surface area contributed by atoms with Crippen molar-refractivity contribution in [1.82, 2.24) is 14.9 Å². The van der Waals surface area contributed by atoms with Crippen molar-refractivity contribution in [2.45, 2.75) is 45.2 Å². The van der Waals surface area contributed by atoms with Crippen LogP contribution in [-0.2, 0) is 21.4 Å². The Balaban J connectivity index is 2.16. The molecular formula is C23H30FN3O4S. The minimum absolute atomic E-state index is 0.0117. The molecule has 2 N–H and O–H groups in total. The summed E-state index contributed by atoms with van der Waals surface area (Å²) < 4.78 is 40.6. The zero-order chi connectivity index (χ0) is 23.9. The number of hydrogen-bond donors (Lipinski definition) is 2. The second-order valence-electron chi connectivity index (χ2n) is 7.62. The van der Waals surface area contributed by atoms with Crippen LogP contribution in [0.2, 0.25) is 0 Å². The van der Waals surface area contributed by atoms with E-state index in [-0.39, 0.29) is 22.9 Å². The number of nitrogens with one attached hydrogen (secondary N) is 2. The van der Waals surface area contributed by atoms with Crippen LogP contribution in [0.25, 0.3) is 0 Å². The van der Waals surface area contributed by atoms with Gasteiger partial charge < -0.3 is 10.6 Å². The highest BCUT2D eigenvalue weighted by Crippen LogP contribution is 2.17. The fourth-order valence-electron chi connectivity index (χ4n) is 3.20. The highest BCUT2D eigenvalue weighted by atomic mass is 32.2. The first-order valence-corrected chi connectivity index (χ1v) is 12.0. The van der Waals surface area contributed by atoms with Crippen LogP contribution in [0, 0.1) is 11.7 Å². The van der Waals surface area contributed by atoms with Crippen LogP contribution in [0.15, 0.2) is 53.4 Å². The quantitative estimate of drug-likeness (QED) is 0.566. The largest absolute Gasteiger partial charge is 0.350 e. The van der Waals surface area contributed by atoms with Crippen molar-refractivity contribution in [3.8, 4) is 0 Å². The Morgan fingerprint density at radius 2 is 1.69 bits per heavy atom. The van der Waals surface area contributed by atoms with Crippen LogP contribution in [0.4, 0.5) is 4.39 Å². The molecule has 0 bridgehead atoms. The lowest BCUT2D eigenvalue weighted by Crippen LogP contribution is -2.49. The van der Waals surface area contributed by atoms with Gasteiger partial charge in [-0.2, -0.15) is 4.31 Å². The van der Waals surface area contributed by atoms with Crippen molar-refractivity contribution < 1.29 is 22.4 Å². The molecule has 1 atom stereocenters. The van der Waals surface area contributed by atoms with Crippen LogP contribution in [0.1, 0.15) is 43.6 Å². The highest BCUT2D eigenvalue weighted by Gasteiger charge is 2.26. The van der Waals surface area contributed by atoms with Gasteiger partial charge in [-0.15, -0.1) is 0 Å². The zero-order valence-electron chi connectivity index (χ0n) is 18.8. The lowest BCUT2D eigenvalue weighted by atomic mass is 10.0. The van der Waals surface area contributed by atoms with Crippen LogP contribution in [0.3, 0.4) is 0 Å². The van der Waals surface area contributed by atoms with Gasteiger partial charge in [-0.1, -0.05) is 52.0 Å². The van der Waals surface area contributed by atoms with E-state index in [9.17, 15) is 22.4 Å². The third kappa shape index (κ3) is 6.14. The fourth-order valence-corrected chi connectivity index (χ4v) is 4.71. The molecule has 0 saturated carbocycles. The molecule has 0 heterocycles. The third-order valence-electron chi connectivity index (χ3n) is 5.09. The van der Waals surface area contributed by atoms with E-state index in [1.807, 2.05) is 0 Å². The van der Waals surface area contributed by atoms with Crippen molar-refractivity contribution in [2.75, 3.05) is 13.1 Å². The summed E-state index contributed by atoms with van der Waals surface area (Å²) in [7, 11) is -3.72. The molecule has 2 amide bonds. The normalized spacial score (nSPS) is 12.6. The molecule has 2 aromatic rings. The number of carbonyl (C=O) groups is 2. The molecule has 32 heavy (non-hydrogen) atoms. The molecule has 0 spiro atoms. The summed E-state index contributed by atoms with van der Waals surface area (Å²) >= 11 is 0. The van der Waals surface area contributed by atoms with Gasteiger partial charge in [0.1, 0.15) is 11.9 Å². The molecule has 9 heteroatoms. The summed E-state index contributed by atoms with van der Waals surface area (Å²) in [4.78, 5) is 25.5. The van der Waals surface area contributed by atoms with E-state index >= 15 is 0 Å². The Kier molecular flexibility index (Phi) is 8.91. The van der Waals surface area contributed by atoms with Crippen molar-refractivity contribution in [3.05, 3.63) is 65.5 Å². The number of rotatable bonds is 10. The number of nitrogens with zero attached hydrogens (tertiary/aromatic N) is 1. The van der Waals surface area contributed by atoms with Crippen molar-refractivity contribution >= 4 is 21.8 Å². The number of sulfonamides is 1. The van der Waals surface area contributed by atoms with Crippen molar-refractivity contribution in [2.24, 2.45) is 5.92 Å². The second kappa shape index (κ2) is 11.2. The topological polar surface area (TPSA) is 95.6 Å². The minimum atomic E-state index is -3.72. The molecular weight excluding hydrogens is 433 g/mol. The van der Waals surface area contributed by atoms with Crippen molar-refractivity contribution in [1.29, 1.82) is 0 Å². The first kappa shape index (κ1) is 25.5. The minimum Gasteiger partial charge on any atom is -0.350 e. The number of halogens is 1. The van der Waals surface area contributed by atoms with Gasteiger partial charge in [0.25, 0.3) is 5.91 Å². The summed E-state index contributed by atoms with van der Waals surface area (Å²) in [5.41, 5.74) is 0.467. The van der Waals surface area contributed by atoms with Gasteiger partial charge in [0.15, 0.2) is 0 Å². The summed E-state index contributed by atoms with van der Waals surface area (Å²) in [6.45, 7) is 7.64. The molecule has 0 unspecified atom stereocenters. The zero-order valence-corrected chi connectivity index (χ0v) is 19.6. The van der Waals surface area contributed by atoms with Crippen LogP contribution >= 0.6 is 0 Å². The molecule has 0 aromatic heterocycles. The lowest BCUT2D eigenvalue weighted by molar-refractivity contribution is -0.124. The van der Waals surface area contributed by atoms with E-state index < -0.39 is 33.7 Å². The molecule has 174 valence electrons. The molecule has 7 nitrogen and oxygen atoms in total. The van der Waals surface area contributed by atoms with E-state index in [1.54, 1.807) is 45.9 Å². The molecule has 0 saturated heterocycles. The number of amides is 2. The Morgan fingerprint density at radius 3 is 2.28 bits per heavy atom. The molecule has 0 radical (unpaired) electrons. The van der Waals surface area contributed by atoms with Crippen molar-refractivity contribution in [3.63, 3.8) is 0 Å². The molecule has 0 aliphatic rings. The summed E-state index contributed by atoms with van der Waals surface area (Å²) in [5, 5.41) is 5.31. The predicted molar refractivity (Wildman–Crippen MR) is 121 cm³/mol. The van der Waals surface area contributed by atoms with E-state index in [4.69, 9.17) is 0 Å². The van der Waals surface area contributed by atoms with Crippen LogP contribution in [0.5, 0.6) is 0 Å². The monoisotopic (exact) mass is 463 g/mol. The third-order valence-corrected chi connectivity index (χ3v) is 7.13. The molecule has 0 fully saturated rings. The Labute approximate surface area is 189 Å². The summed E-state index contributed by atoms with van der Waals surface area (Å²) in [6.07, 6.45) is 0.